The van der Waals surface area contributed by atoms with E-state index in [9.17, 15) is 13.2 Å². The van der Waals surface area contributed by atoms with Crippen LogP contribution in [0.1, 0.15) is 68.3 Å². The molecule has 4 rings (SSSR count). The van der Waals surface area contributed by atoms with Gasteiger partial charge in [0.15, 0.2) is 5.65 Å². The average molecular weight is 526 g/mol. The lowest BCUT2D eigenvalue weighted by atomic mass is 9.86. The monoisotopic (exact) mass is 525 g/mol. The van der Waals surface area contributed by atoms with Crippen LogP contribution >= 0.6 is 0 Å². The molecule has 9 heteroatoms. The zero-order valence-corrected chi connectivity index (χ0v) is 23.3. The van der Waals surface area contributed by atoms with E-state index < -0.39 is 10.0 Å². The van der Waals surface area contributed by atoms with Crippen molar-refractivity contribution in [2.24, 2.45) is 11.8 Å². The van der Waals surface area contributed by atoms with Crippen molar-refractivity contribution in [3.63, 3.8) is 0 Å². The third kappa shape index (κ3) is 6.21. The highest BCUT2D eigenvalue weighted by molar-refractivity contribution is 7.89. The molecule has 200 valence electrons. The lowest BCUT2D eigenvalue weighted by molar-refractivity contribution is 0.0889. The van der Waals surface area contributed by atoms with Gasteiger partial charge in [0.25, 0.3) is 0 Å². The molecule has 37 heavy (non-hydrogen) atoms. The molecule has 1 fully saturated rings. The van der Waals surface area contributed by atoms with Crippen molar-refractivity contribution in [2.75, 3.05) is 24.7 Å². The van der Waals surface area contributed by atoms with Crippen molar-refractivity contribution in [3.05, 3.63) is 54.0 Å². The van der Waals surface area contributed by atoms with Crippen LogP contribution in [-0.4, -0.2) is 54.8 Å². The van der Waals surface area contributed by atoms with Gasteiger partial charge in [0, 0.05) is 19.3 Å². The summed E-state index contributed by atoms with van der Waals surface area (Å²) in [7, 11) is 0.297. The van der Waals surface area contributed by atoms with Crippen molar-refractivity contribution >= 4 is 32.8 Å². The van der Waals surface area contributed by atoms with Gasteiger partial charge in [-0.05, 0) is 75.1 Å². The molecule has 2 aromatic heterocycles. The van der Waals surface area contributed by atoms with Gasteiger partial charge in [-0.3, -0.25) is 9.36 Å². The third-order valence-electron chi connectivity index (χ3n) is 7.66. The summed E-state index contributed by atoms with van der Waals surface area (Å²) >= 11 is 0. The smallest absolute Gasteiger partial charge is 0.239 e. The highest BCUT2D eigenvalue weighted by atomic mass is 32.2. The van der Waals surface area contributed by atoms with Crippen LogP contribution in [0.5, 0.6) is 0 Å². The number of nitrogens with one attached hydrogen (secondary N) is 1. The predicted octanol–water partition coefficient (Wildman–Crippen LogP) is 4.62. The Bertz CT molecular complexity index is 1330. The molecule has 0 spiro atoms. The van der Waals surface area contributed by atoms with E-state index in [0.717, 1.165) is 48.9 Å². The Morgan fingerprint density at radius 3 is 2.38 bits per heavy atom. The maximum Gasteiger partial charge on any atom is 0.239 e. The van der Waals surface area contributed by atoms with Crippen molar-refractivity contribution in [1.29, 1.82) is 0 Å². The predicted molar refractivity (Wildman–Crippen MR) is 149 cm³/mol. The van der Waals surface area contributed by atoms with Gasteiger partial charge in [0.1, 0.15) is 12.1 Å². The molecule has 8 nitrogen and oxygen atoms in total. The quantitative estimate of drug-likeness (QED) is 0.438. The first-order chi connectivity index (χ1) is 17.6. The van der Waals surface area contributed by atoms with E-state index in [0.29, 0.717) is 11.6 Å². The summed E-state index contributed by atoms with van der Waals surface area (Å²) in [4.78, 5) is 24.7. The van der Waals surface area contributed by atoms with Crippen LogP contribution in [0.15, 0.2) is 42.9 Å². The van der Waals surface area contributed by atoms with Crippen LogP contribution < -0.4 is 9.62 Å². The number of rotatable bonds is 9. The molecule has 0 bridgehead atoms. The molecule has 0 amide bonds. The fourth-order valence-corrected chi connectivity index (χ4v) is 6.55. The summed E-state index contributed by atoms with van der Waals surface area (Å²) in [6, 6.07) is 10.5. The Morgan fingerprint density at radius 2 is 1.76 bits per heavy atom. The van der Waals surface area contributed by atoms with Crippen LogP contribution in [-0.2, 0) is 16.4 Å². The molecule has 0 radical (unpaired) electrons. The van der Waals surface area contributed by atoms with Crippen molar-refractivity contribution in [2.45, 2.75) is 64.8 Å². The van der Waals surface area contributed by atoms with Gasteiger partial charge in [-0.1, -0.05) is 38.1 Å². The molecule has 1 atom stereocenters. The molecule has 1 saturated carbocycles. The number of benzene rings is 1. The van der Waals surface area contributed by atoms with Crippen molar-refractivity contribution in [1.82, 2.24) is 19.3 Å². The zero-order valence-electron chi connectivity index (χ0n) is 22.5. The molecule has 1 N–H and O–H groups in total. The fourth-order valence-electron chi connectivity index (χ4n) is 5.43. The van der Waals surface area contributed by atoms with Crippen LogP contribution in [0.3, 0.4) is 0 Å². The lowest BCUT2D eigenvalue weighted by Crippen LogP contribution is -2.38. The van der Waals surface area contributed by atoms with Gasteiger partial charge in [-0.2, -0.15) is 0 Å². The Kier molecular flexibility index (Phi) is 8.33. The Morgan fingerprint density at radius 1 is 1.08 bits per heavy atom. The molecule has 3 aromatic rings. The number of nitrogens with zero attached hydrogens (tertiary/aromatic N) is 4. The first kappa shape index (κ1) is 27.3. The molecular formula is C28H39N5O3S. The van der Waals surface area contributed by atoms with Gasteiger partial charge in [-0.15, -0.1) is 0 Å². The number of aromatic nitrogens is 3. The average Bonchev–Trinajstić information content (AvgIpc) is 3.32. The van der Waals surface area contributed by atoms with Gasteiger partial charge < -0.3 is 4.90 Å². The normalized spacial score (nSPS) is 19.3. The number of carbonyl (C=O) groups is 1. The molecular weight excluding hydrogens is 486 g/mol. The summed E-state index contributed by atoms with van der Waals surface area (Å²) < 4.78 is 27.9. The number of fused-ring (bicyclic) bond motifs is 1. The second kappa shape index (κ2) is 11.3. The number of anilines is 1. The second-order valence-electron chi connectivity index (χ2n) is 10.8. The largest absolute Gasteiger partial charge is 0.356 e. The lowest BCUT2D eigenvalue weighted by Gasteiger charge is -2.35. The Hall–Kier alpha value is -2.78. The van der Waals surface area contributed by atoms with Crippen molar-refractivity contribution in [3.8, 4) is 0 Å². The number of sulfonamides is 1. The maximum absolute atomic E-state index is 13.5. The van der Waals surface area contributed by atoms with Crippen LogP contribution in [0, 0.1) is 11.8 Å². The maximum atomic E-state index is 13.5. The Balaban J connectivity index is 1.49. The SMILES string of the molecule is CNS(=O)(=O)C[C@H]1CC[C@H](N(C)c2ncnc3c2ccn3C(=O)C(C)c2ccc(CC(C)C)cc2)CC1. The van der Waals surface area contributed by atoms with Gasteiger partial charge in [-0.25, -0.2) is 23.1 Å². The summed E-state index contributed by atoms with van der Waals surface area (Å²) in [6.07, 6.45) is 7.85. The van der Waals surface area contributed by atoms with Crippen LogP contribution in [0.4, 0.5) is 5.82 Å². The minimum absolute atomic E-state index is 0.0230. The molecule has 2 heterocycles. The van der Waals surface area contributed by atoms with E-state index in [1.165, 1.54) is 18.9 Å². The van der Waals surface area contributed by atoms with Crippen molar-refractivity contribution < 1.29 is 13.2 Å². The standard InChI is InChI=1S/C28H39N5O3S/c1-19(2)16-21-6-10-23(11-7-21)20(3)28(34)33-15-14-25-26(30-18-31-27(25)33)32(5)24-12-8-22(9-13-24)17-37(35,36)29-4/h6-7,10-11,14-15,18-20,22,24,29H,8-9,12-13,16-17H2,1-5H3/t20?,22-,24-. The second-order valence-corrected chi connectivity index (χ2v) is 12.8. The Labute approximate surface area is 220 Å². The topological polar surface area (TPSA) is 97.2 Å². The molecule has 0 aliphatic heterocycles. The van der Waals surface area contributed by atoms with E-state index in [2.05, 4.69) is 57.7 Å². The van der Waals surface area contributed by atoms with E-state index in [1.807, 2.05) is 20.0 Å². The first-order valence-electron chi connectivity index (χ1n) is 13.2. The minimum atomic E-state index is -3.20. The molecule has 1 unspecified atom stereocenters. The van der Waals surface area contributed by atoms with Gasteiger partial charge in [0.2, 0.25) is 15.9 Å². The summed E-state index contributed by atoms with van der Waals surface area (Å²) in [5.41, 5.74) is 2.88. The van der Waals surface area contributed by atoms with Crippen LogP contribution in [0.25, 0.3) is 11.0 Å². The first-order valence-corrected chi connectivity index (χ1v) is 14.8. The highest BCUT2D eigenvalue weighted by Gasteiger charge is 2.29. The van der Waals surface area contributed by atoms with E-state index in [1.54, 1.807) is 10.8 Å². The zero-order chi connectivity index (χ0) is 26.7. The number of hydrogen-bond acceptors (Lipinski definition) is 6. The molecule has 1 aliphatic rings. The highest BCUT2D eigenvalue weighted by Crippen LogP contribution is 2.33. The van der Waals surface area contributed by atoms with E-state index >= 15 is 0 Å². The van der Waals surface area contributed by atoms with Gasteiger partial charge in [0.05, 0.1) is 17.1 Å². The molecule has 1 aliphatic carbocycles. The van der Waals surface area contributed by atoms with Crippen LogP contribution in [0.2, 0.25) is 0 Å². The number of hydrogen-bond donors (Lipinski definition) is 1. The minimum Gasteiger partial charge on any atom is -0.356 e. The molecule has 0 saturated heterocycles. The number of carbonyl (C=O) groups excluding carboxylic acids is 1. The summed E-state index contributed by atoms with van der Waals surface area (Å²) in [6.45, 7) is 6.34. The van der Waals surface area contributed by atoms with E-state index in [4.69, 9.17) is 0 Å². The van der Waals surface area contributed by atoms with E-state index in [-0.39, 0.29) is 29.5 Å². The summed E-state index contributed by atoms with van der Waals surface area (Å²) in [5.74, 6) is 1.42. The summed E-state index contributed by atoms with van der Waals surface area (Å²) in [5, 5.41) is 0.845. The molecule has 1 aromatic carbocycles. The third-order valence-corrected chi connectivity index (χ3v) is 9.19. The fraction of sp³-hybridized carbons (Fsp3) is 0.536. The van der Waals surface area contributed by atoms with Gasteiger partial charge >= 0.3 is 0 Å².